The molecule has 0 saturated heterocycles. The molecule has 0 aromatic heterocycles. The summed E-state index contributed by atoms with van der Waals surface area (Å²) < 4.78 is 0. The fourth-order valence-electron chi connectivity index (χ4n) is 2.06. The highest BCUT2D eigenvalue weighted by Crippen LogP contribution is 2.25. The van der Waals surface area contributed by atoms with Crippen LogP contribution in [0.25, 0.3) is 0 Å². The van der Waals surface area contributed by atoms with E-state index in [-0.39, 0.29) is 5.91 Å². The largest absolute Gasteiger partial charge is 0.325 e. The molecule has 0 heterocycles. The average molecular weight is 337 g/mol. The van der Waals surface area contributed by atoms with Crippen molar-refractivity contribution < 1.29 is 4.79 Å². The molecule has 1 amide bonds. The molecule has 0 radical (unpaired) electrons. The van der Waals surface area contributed by atoms with Crippen molar-refractivity contribution in [1.82, 2.24) is 5.32 Å². The third-order valence-electron chi connectivity index (χ3n) is 3.15. The summed E-state index contributed by atoms with van der Waals surface area (Å²) in [5, 5.41) is 7.01. The normalized spacial score (nSPS) is 10.5. The quantitative estimate of drug-likeness (QED) is 0.766. The summed E-state index contributed by atoms with van der Waals surface area (Å²) in [6.45, 7) is 3.41. The fraction of sp³-hybridized carbons (Fsp3) is 0.235. The number of halogens is 2. The van der Waals surface area contributed by atoms with Gasteiger partial charge in [-0.25, -0.2) is 0 Å². The summed E-state index contributed by atoms with van der Waals surface area (Å²) in [6.07, 6.45) is 0.380. The molecule has 22 heavy (non-hydrogen) atoms. The van der Waals surface area contributed by atoms with Gasteiger partial charge in [-0.05, 0) is 30.7 Å². The minimum absolute atomic E-state index is 0.0824. The van der Waals surface area contributed by atoms with E-state index < -0.39 is 0 Å². The highest BCUT2D eigenvalue weighted by atomic mass is 35.5. The first-order chi connectivity index (χ1) is 10.5. The number of carbonyl (C=O) groups is 1. The number of benzene rings is 2. The summed E-state index contributed by atoms with van der Waals surface area (Å²) in [5.74, 6) is -0.0824. The highest BCUT2D eigenvalue weighted by molar-refractivity contribution is 6.36. The Morgan fingerprint density at radius 3 is 2.68 bits per heavy atom. The summed E-state index contributed by atoms with van der Waals surface area (Å²) in [4.78, 5) is 11.9. The lowest BCUT2D eigenvalue weighted by Crippen LogP contribution is -2.21. The van der Waals surface area contributed by atoms with E-state index in [1.807, 2.05) is 6.07 Å². The fourth-order valence-corrected chi connectivity index (χ4v) is 2.52. The highest BCUT2D eigenvalue weighted by Gasteiger charge is 2.06. The first kappa shape index (κ1) is 16.8. The van der Waals surface area contributed by atoms with E-state index in [9.17, 15) is 4.79 Å². The van der Waals surface area contributed by atoms with Crippen molar-refractivity contribution in [3.63, 3.8) is 0 Å². The first-order valence-corrected chi connectivity index (χ1v) is 7.81. The van der Waals surface area contributed by atoms with Gasteiger partial charge < -0.3 is 10.6 Å². The molecule has 2 rings (SSSR count). The summed E-state index contributed by atoms with van der Waals surface area (Å²) >= 11 is 11.8. The Morgan fingerprint density at radius 1 is 1.14 bits per heavy atom. The number of aryl methyl sites for hydroxylation is 1. The predicted molar refractivity (Wildman–Crippen MR) is 92.6 cm³/mol. The van der Waals surface area contributed by atoms with Crippen molar-refractivity contribution in [3.8, 4) is 0 Å². The number of anilines is 1. The maximum absolute atomic E-state index is 11.9. The molecule has 0 aliphatic heterocycles. The molecule has 0 saturated carbocycles. The van der Waals surface area contributed by atoms with Crippen LogP contribution in [0.3, 0.4) is 0 Å². The van der Waals surface area contributed by atoms with Gasteiger partial charge in [-0.1, -0.05) is 53.0 Å². The molecule has 0 bridgehead atoms. The summed E-state index contributed by atoms with van der Waals surface area (Å²) in [6, 6.07) is 13.3. The van der Waals surface area contributed by atoms with Crippen LogP contribution in [-0.4, -0.2) is 12.5 Å². The summed E-state index contributed by atoms with van der Waals surface area (Å²) in [5.41, 5.74) is 3.02. The molecule has 116 valence electrons. The van der Waals surface area contributed by atoms with Crippen LogP contribution in [0.2, 0.25) is 10.0 Å². The van der Waals surface area contributed by atoms with E-state index in [0.29, 0.717) is 28.7 Å². The van der Waals surface area contributed by atoms with E-state index in [4.69, 9.17) is 23.2 Å². The van der Waals surface area contributed by atoms with E-state index in [2.05, 4.69) is 35.8 Å². The van der Waals surface area contributed by atoms with Crippen LogP contribution in [0.5, 0.6) is 0 Å². The van der Waals surface area contributed by atoms with E-state index in [1.165, 1.54) is 11.1 Å². The number of hydrogen-bond donors (Lipinski definition) is 2. The Morgan fingerprint density at radius 2 is 1.95 bits per heavy atom. The topological polar surface area (TPSA) is 41.1 Å². The number of rotatable bonds is 6. The van der Waals surface area contributed by atoms with Gasteiger partial charge in [0.15, 0.2) is 0 Å². The lowest BCUT2D eigenvalue weighted by molar-refractivity contribution is -0.116. The second-order valence-electron chi connectivity index (χ2n) is 5.09. The zero-order chi connectivity index (χ0) is 15.9. The molecule has 0 aliphatic carbocycles. The average Bonchev–Trinajstić information content (AvgIpc) is 2.47. The van der Waals surface area contributed by atoms with Gasteiger partial charge >= 0.3 is 0 Å². The lowest BCUT2D eigenvalue weighted by atomic mass is 10.1. The van der Waals surface area contributed by atoms with E-state index in [0.717, 1.165) is 6.54 Å². The van der Waals surface area contributed by atoms with Crippen molar-refractivity contribution in [2.75, 3.05) is 11.9 Å². The predicted octanol–water partition coefficient (Wildman–Crippen LogP) is 4.42. The van der Waals surface area contributed by atoms with Crippen molar-refractivity contribution in [2.24, 2.45) is 0 Å². The van der Waals surface area contributed by atoms with Crippen LogP contribution in [-0.2, 0) is 11.3 Å². The van der Waals surface area contributed by atoms with E-state index in [1.54, 1.807) is 18.2 Å². The minimum atomic E-state index is -0.0824. The Hall–Kier alpha value is -1.55. The van der Waals surface area contributed by atoms with Gasteiger partial charge in [0.2, 0.25) is 5.91 Å². The van der Waals surface area contributed by atoms with Crippen molar-refractivity contribution in [1.29, 1.82) is 0 Å². The third-order valence-corrected chi connectivity index (χ3v) is 3.69. The third kappa shape index (κ3) is 5.34. The van der Waals surface area contributed by atoms with Gasteiger partial charge in [0, 0.05) is 24.5 Å². The van der Waals surface area contributed by atoms with Gasteiger partial charge in [-0.15, -0.1) is 0 Å². The van der Waals surface area contributed by atoms with Crippen LogP contribution in [0.1, 0.15) is 17.5 Å². The number of nitrogens with one attached hydrogen (secondary N) is 2. The zero-order valence-corrected chi connectivity index (χ0v) is 13.8. The van der Waals surface area contributed by atoms with Gasteiger partial charge in [0.25, 0.3) is 0 Å². The number of amides is 1. The zero-order valence-electron chi connectivity index (χ0n) is 12.3. The summed E-state index contributed by atoms with van der Waals surface area (Å²) in [7, 11) is 0. The molecule has 2 aromatic rings. The van der Waals surface area contributed by atoms with Gasteiger partial charge in [-0.2, -0.15) is 0 Å². The van der Waals surface area contributed by atoms with Crippen LogP contribution in [0.15, 0.2) is 42.5 Å². The Balaban J connectivity index is 1.74. The maximum Gasteiger partial charge on any atom is 0.225 e. The molecule has 5 heteroatoms. The Labute approximate surface area is 140 Å². The van der Waals surface area contributed by atoms with E-state index >= 15 is 0 Å². The van der Waals surface area contributed by atoms with Crippen molar-refractivity contribution in [3.05, 3.63) is 63.6 Å². The van der Waals surface area contributed by atoms with Crippen LogP contribution < -0.4 is 10.6 Å². The van der Waals surface area contributed by atoms with Crippen LogP contribution >= 0.6 is 23.2 Å². The molecule has 0 spiro atoms. The second kappa shape index (κ2) is 8.18. The monoisotopic (exact) mass is 336 g/mol. The Kier molecular flexibility index (Phi) is 6.25. The minimum Gasteiger partial charge on any atom is -0.325 e. The molecule has 3 nitrogen and oxygen atoms in total. The smallest absolute Gasteiger partial charge is 0.225 e. The van der Waals surface area contributed by atoms with Gasteiger partial charge in [-0.3, -0.25) is 4.79 Å². The second-order valence-corrected chi connectivity index (χ2v) is 5.93. The molecular formula is C17H18Cl2N2O. The van der Waals surface area contributed by atoms with Crippen LogP contribution in [0, 0.1) is 6.92 Å². The number of carbonyl (C=O) groups excluding carboxylic acids is 1. The van der Waals surface area contributed by atoms with Crippen molar-refractivity contribution >= 4 is 34.8 Å². The van der Waals surface area contributed by atoms with Gasteiger partial charge in [0.05, 0.1) is 10.7 Å². The molecule has 2 aromatic carbocycles. The number of hydrogen-bond acceptors (Lipinski definition) is 2. The van der Waals surface area contributed by atoms with Crippen LogP contribution in [0.4, 0.5) is 5.69 Å². The molecule has 2 N–H and O–H groups in total. The molecule has 0 aliphatic rings. The molecule has 0 fully saturated rings. The maximum atomic E-state index is 11.9. The molecule has 0 atom stereocenters. The molecular weight excluding hydrogens is 319 g/mol. The lowest BCUT2D eigenvalue weighted by Gasteiger charge is -2.08. The molecule has 0 unspecified atom stereocenters. The van der Waals surface area contributed by atoms with Gasteiger partial charge in [0.1, 0.15) is 0 Å². The SMILES string of the molecule is Cc1cccc(CNCCC(=O)Nc2ccc(Cl)cc2Cl)c1. The standard InChI is InChI=1S/C17H18Cl2N2O/c1-12-3-2-4-13(9-12)11-20-8-7-17(22)21-16-6-5-14(18)10-15(16)19/h2-6,9-10,20H,7-8,11H2,1H3,(H,21,22). The Bertz CT molecular complexity index is 659. The first-order valence-electron chi connectivity index (χ1n) is 7.06. The van der Waals surface area contributed by atoms with Crippen molar-refractivity contribution in [2.45, 2.75) is 19.9 Å².